The van der Waals surface area contributed by atoms with Crippen LogP contribution in [0.15, 0.2) is 36.5 Å². The van der Waals surface area contributed by atoms with Crippen LogP contribution in [0.4, 0.5) is 8.78 Å². The van der Waals surface area contributed by atoms with Crippen molar-refractivity contribution in [3.63, 3.8) is 0 Å². The molecule has 21 heavy (non-hydrogen) atoms. The van der Waals surface area contributed by atoms with E-state index in [0.717, 1.165) is 30.2 Å². The van der Waals surface area contributed by atoms with E-state index >= 15 is 0 Å². The molecule has 0 aliphatic carbocycles. The number of pyridine rings is 1. The van der Waals surface area contributed by atoms with Gasteiger partial charge in [0.05, 0.1) is 0 Å². The maximum Gasteiger partial charge on any atom is 0.129 e. The van der Waals surface area contributed by atoms with Gasteiger partial charge < -0.3 is 0 Å². The molecule has 0 aliphatic rings. The summed E-state index contributed by atoms with van der Waals surface area (Å²) in [4.78, 5) is 4.38. The Labute approximate surface area is 125 Å². The van der Waals surface area contributed by atoms with Crippen molar-refractivity contribution in [2.75, 3.05) is 0 Å². The number of unbranched alkanes of at least 4 members (excludes halogenated alkanes) is 3. The van der Waals surface area contributed by atoms with E-state index in [9.17, 15) is 8.78 Å². The van der Waals surface area contributed by atoms with Crippen molar-refractivity contribution >= 4 is 0 Å². The molecule has 1 aromatic heterocycles. The zero-order chi connectivity index (χ0) is 15.1. The molecule has 0 radical (unpaired) electrons. The number of hydrogen-bond acceptors (Lipinski definition) is 1. The van der Waals surface area contributed by atoms with E-state index in [-0.39, 0.29) is 0 Å². The first kappa shape index (κ1) is 15.6. The number of aryl methyl sites for hydroxylation is 1. The molecule has 0 fully saturated rings. The Bertz CT molecular complexity index is 581. The molecule has 1 aromatic carbocycles. The zero-order valence-corrected chi connectivity index (χ0v) is 12.4. The molecule has 2 aromatic rings. The molecular formula is C18H21F2N. The second-order valence-electron chi connectivity index (χ2n) is 5.33. The number of benzene rings is 1. The van der Waals surface area contributed by atoms with Crippen molar-refractivity contribution < 1.29 is 8.78 Å². The highest BCUT2D eigenvalue weighted by Crippen LogP contribution is 2.18. The Morgan fingerprint density at radius 1 is 1.00 bits per heavy atom. The molecule has 0 amide bonds. The molecule has 0 atom stereocenters. The smallest absolute Gasteiger partial charge is 0.129 e. The molecule has 1 nitrogen and oxygen atoms in total. The van der Waals surface area contributed by atoms with Gasteiger partial charge in [-0.25, -0.2) is 8.78 Å². The van der Waals surface area contributed by atoms with Crippen LogP contribution in [0.1, 0.15) is 49.4 Å². The van der Waals surface area contributed by atoms with Gasteiger partial charge in [-0.2, -0.15) is 0 Å². The first-order valence-electron chi connectivity index (χ1n) is 7.57. The highest BCUT2D eigenvalue weighted by atomic mass is 19.1. The number of halogens is 2. The number of hydrogen-bond donors (Lipinski definition) is 0. The van der Waals surface area contributed by atoms with Crippen molar-refractivity contribution in [1.82, 2.24) is 4.98 Å². The summed E-state index contributed by atoms with van der Waals surface area (Å²) in [6.07, 6.45) is 7.88. The summed E-state index contributed by atoms with van der Waals surface area (Å²) in [7, 11) is 0. The molecule has 0 unspecified atom stereocenters. The van der Waals surface area contributed by atoms with E-state index in [1.165, 1.54) is 31.4 Å². The molecule has 3 heteroatoms. The summed E-state index contributed by atoms with van der Waals surface area (Å²) in [6.45, 7) is 2.19. The molecule has 0 N–H and O–H groups in total. The molecule has 0 aliphatic heterocycles. The van der Waals surface area contributed by atoms with E-state index in [0.29, 0.717) is 12.0 Å². The van der Waals surface area contributed by atoms with Gasteiger partial charge in [-0.15, -0.1) is 0 Å². The molecule has 0 saturated heterocycles. The van der Waals surface area contributed by atoms with Gasteiger partial charge in [-0.1, -0.05) is 38.3 Å². The largest absolute Gasteiger partial charge is 0.261 e. The summed E-state index contributed by atoms with van der Waals surface area (Å²) in [5.41, 5.74) is 2.54. The van der Waals surface area contributed by atoms with Gasteiger partial charge in [0.25, 0.3) is 0 Å². The summed E-state index contributed by atoms with van der Waals surface area (Å²) in [6, 6.07) is 7.69. The molecule has 0 saturated carbocycles. The average molecular weight is 289 g/mol. The number of rotatable bonds is 7. The van der Waals surface area contributed by atoms with Crippen LogP contribution in [0.3, 0.4) is 0 Å². The summed E-state index contributed by atoms with van der Waals surface area (Å²) < 4.78 is 26.7. The SMILES string of the molecule is CCCCCCc1cccnc1Cc1ccc(F)cc1F. The predicted molar refractivity (Wildman–Crippen MR) is 81.2 cm³/mol. The fraction of sp³-hybridized carbons (Fsp3) is 0.389. The maximum absolute atomic E-state index is 13.8. The van der Waals surface area contributed by atoms with E-state index in [1.807, 2.05) is 6.07 Å². The Kier molecular flexibility index (Phi) is 5.85. The normalized spacial score (nSPS) is 10.8. The van der Waals surface area contributed by atoms with E-state index in [4.69, 9.17) is 0 Å². The quantitative estimate of drug-likeness (QED) is 0.648. The lowest BCUT2D eigenvalue weighted by atomic mass is 10.00. The highest BCUT2D eigenvalue weighted by Gasteiger charge is 2.09. The molecular weight excluding hydrogens is 268 g/mol. The van der Waals surface area contributed by atoms with E-state index in [2.05, 4.69) is 18.0 Å². The monoisotopic (exact) mass is 289 g/mol. The van der Waals surface area contributed by atoms with Crippen LogP contribution in [0.25, 0.3) is 0 Å². The van der Waals surface area contributed by atoms with Crippen molar-refractivity contribution in [1.29, 1.82) is 0 Å². The molecule has 0 bridgehead atoms. The van der Waals surface area contributed by atoms with Crippen LogP contribution in [0, 0.1) is 11.6 Å². The average Bonchev–Trinajstić information content (AvgIpc) is 2.48. The lowest BCUT2D eigenvalue weighted by molar-refractivity contribution is 0.574. The summed E-state index contributed by atoms with van der Waals surface area (Å²) in [5.74, 6) is -1.05. The van der Waals surface area contributed by atoms with E-state index in [1.54, 1.807) is 6.20 Å². The van der Waals surface area contributed by atoms with Gasteiger partial charge in [0, 0.05) is 24.4 Å². The van der Waals surface area contributed by atoms with Crippen LogP contribution < -0.4 is 0 Å². The van der Waals surface area contributed by atoms with Gasteiger partial charge in [-0.05, 0) is 36.1 Å². The van der Waals surface area contributed by atoms with Crippen LogP contribution >= 0.6 is 0 Å². The lowest BCUT2D eigenvalue weighted by Gasteiger charge is -2.09. The second-order valence-corrected chi connectivity index (χ2v) is 5.33. The van der Waals surface area contributed by atoms with Crippen LogP contribution in [0.5, 0.6) is 0 Å². The third-order valence-corrected chi connectivity index (χ3v) is 3.66. The van der Waals surface area contributed by atoms with Crippen molar-refractivity contribution in [3.05, 3.63) is 65.0 Å². The topological polar surface area (TPSA) is 12.9 Å². The number of nitrogens with zero attached hydrogens (tertiary/aromatic N) is 1. The van der Waals surface area contributed by atoms with Gasteiger partial charge in [0.2, 0.25) is 0 Å². The molecule has 0 spiro atoms. The Hall–Kier alpha value is -1.77. The minimum atomic E-state index is -0.544. The minimum absolute atomic E-state index is 0.413. The van der Waals surface area contributed by atoms with Gasteiger partial charge in [0.15, 0.2) is 0 Å². The standard InChI is InChI=1S/C18H21F2N/c1-2-3-4-5-7-14-8-6-11-21-18(14)12-15-9-10-16(19)13-17(15)20/h6,8-11,13H,2-5,7,12H2,1H3. The van der Waals surface area contributed by atoms with Crippen LogP contribution in [0.2, 0.25) is 0 Å². The minimum Gasteiger partial charge on any atom is -0.261 e. The first-order valence-corrected chi connectivity index (χ1v) is 7.57. The lowest BCUT2D eigenvalue weighted by Crippen LogP contribution is -2.01. The third kappa shape index (κ3) is 4.62. The first-order chi connectivity index (χ1) is 10.2. The van der Waals surface area contributed by atoms with Gasteiger partial charge in [0.1, 0.15) is 11.6 Å². The van der Waals surface area contributed by atoms with Crippen molar-refractivity contribution in [3.8, 4) is 0 Å². The van der Waals surface area contributed by atoms with Crippen molar-refractivity contribution in [2.45, 2.75) is 45.4 Å². The summed E-state index contributed by atoms with van der Waals surface area (Å²) in [5, 5.41) is 0. The predicted octanol–water partition coefficient (Wildman–Crippen LogP) is 5.07. The van der Waals surface area contributed by atoms with Gasteiger partial charge >= 0.3 is 0 Å². The van der Waals surface area contributed by atoms with Crippen LogP contribution in [-0.4, -0.2) is 4.98 Å². The maximum atomic E-state index is 13.8. The third-order valence-electron chi connectivity index (χ3n) is 3.66. The molecule has 112 valence electrons. The zero-order valence-electron chi connectivity index (χ0n) is 12.4. The van der Waals surface area contributed by atoms with Crippen molar-refractivity contribution in [2.24, 2.45) is 0 Å². The Morgan fingerprint density at radius 2 is 1.86 bits per heavy atom. The fourth-order valence-electron chi connectivity index (χ4n) is 2.45. The van der Waals surface area contributed by atoms with E-state index < -0.39 is 11.6 Å². The highest BCUT2D eigenvalue weighted by molar-refractivity contribution is 5.29. The Morgan fingerprint density at radius 3 is 2.62 bits per heavy atom. The molecule has 1 heterocycles. The van der Waals surface area contributed by atoms with Gasteiger partial charge in [-0.3, -0.25) is 4.98 Å². The summed E-state index contributed by atoms with van der Waals surface area (Å²) >= 11 is 0. The second kappa shape index (κ2) is 7.87. The number of aromatic nitrogens is 1. The molecule has 2 rings (SSSR count). The fourth-order valence-corrected chi connectivity index (χ4v) is 2.45. The van der Waals surface area contributed by atoms with Crippen LogP contribution in [-0.2, 0) is 12.8 Å². The Balaban J connectivity index is 2.08.